The molecule has 1 aliphatic carbocycles. The highest BCUT2D eigenvalue weighted by Gasteiger charge is 2.65. The van der Waals surface area contributed by atoms with Crippen molar-refractivity contribution in [3.05, 3.63) is 64.1 Å². The summed E-state index contributed by atoms with van der Waals surface area (Å²) in [7, 11) is 0. The third-order valence-electron chi connectivity index (χ3n) is 4.63. The predicted molar refractivity (Wildman–Crippen MR) is 93.9 cm³/mol. The zero-order chi connectivity index (χ0) is 19.2. The van der Waals surface area contributed by atoms with E-state index < -0.39 is 41.4 Å². The molecule has 2 heterocycles. The van der Waals surface area contributed by atoms with Crippen LogP contribution >= 0.6 is 15.9 Å². The third-order valence-corrected chi connectivity index (χ3v) is 5.07. The van der Waals surface area contributed by atoms with Crippen molar-refractivity contribution in [2.45, 2.75) is 24.5 Å². The Kier molecular flexibility index (Phi) is 4.41. The molecule has 4 rings (SSSR count). The number of halogens is 4. The van der Waals surface area contributed by atoms with E-state index in [0.29, 0.717) is 5.56 Å². The van der Waals surface area contributed by atoms with Gasteiger partial charge in [-0.1, -0.05) is 18.2 Å². The number of benzene rings is 1. The normalized spacial score (nSPS) is 26.0. The Bertz CT molecular complexity index is 925. The Hall–Kier alpha value is -2.42. The van der Waals surface area contributed by atoms with Gasteiger partial charge in [0.05, 0.1) is 0 Å². The third kappa shape index (κ3) is 3.09. The van der Waals surface area contributed by atoms with Crippen LogP contribution in [0.4, 0.5) is 13.2 Å². The number of ether oxygens (including phenoxy) is 1. The fraction of sp³-hybridized carbons (Fsp3) is 0.278. The first-order valence-electron chi connectivity index (χ1n) is 8.15. The summed E-state index contributed by atoms with van der Waals surface area (Å²) < 4.78 is 48.5. The molecule has 0 saturated heterocycles. The van der Waals surface area contributed by atoms with E-state index in [0.717, 1.165) is 6.07 Å². The van der Waals surface area contributed by atoms with Crippen molar-refractivity contribution in [1.29, 1.82) is 0 Å². The van der Waals surface area contributed by atoms with Crippen LogP contribution in [0.1, 0.15) is 22.5 Å². The second kappa shape index (κ2) is 6.63. The molecule has 1 N–H and O–H groups in total. The lowest BCUT2D eigenvalue weighted by Gasteiger charge is -2.32. The molecule has 140 valence electrons. The van der Waals surface area contributed by atoms with Gasteiger partial charge in [-0.15, -0.1) is 0 Å². The van der Waals surface area contributed by atoms with Crippen LogP contribution in [0.25, 0.3) is 0 Å². The minimum absolute atomic E-state index is 0.215. The number of aliphatic imine (C=N–C) groups is 1. The number of fused-ring (bicyclic) bond motifs is 1. The van der Waals surface area contributed by atoms with Crippen molar-refractivity contribution in [2.24, 2.45) is 10.9 Å². The van der Waals surface area contributed by atoms with E-state index in [2.05, 4.69) is 31.2 Å². The SMILES string of the molecule is O=C(NC1=N[C@@](c2nc(Br)ccc2F)(C(F)F)[C@H]2CC2O1)c1ccccc1. The Balaban J connectivity index is 1.74. The molecule has 0 radical (unpaired) electrons. The predicted octanol–water partition coefficient (Wildman–Crippen LogP) is 3.65. The minimum atomic E-state index is -3.03. The quantitative estimate of drug-likeness (QED) is 0.742. The van der Waals surface area contributed by atoms with Gasteiger partial charge in [-0.2, -0.15) is 0 Å². The Morgan fingerprint density at radius 2 is 2.00 bits per heavy atom. The summed E-state index contributed by atoms with van der Waals surface area (Å²) in [6.07, 6.45) is -3.34. The van der Waals surface area contributed by atoms with Gasteiger partial charge in [0.15, 0.2) is 5.54 Å². The van der Waals surface area contributed by atoms with Crippen LogP contribution < -0.4 is 5.32 Å². The van der Waals surface area contributed by atoms with Crippen molar-refractivity contribution in [1.82, 2.24) is 10.3 Å². The van der Waals surface area contributed by atoms with Gasteiger partial charge in [0.1, 0.15) is 22.2 Å². The van der Waals surface area contributed by atoms with Crippen LogP contribution in [0.15, 0.2) is 52.1 Å². The number of pyridine rings is 1. The van der Waals surface area contributed by atoms with Crippen molar-refractivity contribution < 1.29 is 22.7 Å². The number of carbonyl (C=O) groups is 1. The fourth-order valence-electron chi connectivity index (χ4n) is 3.24. The maximum absolute atomic E-state index is 14.4. The van der Waals surface area contributed by atoms with Gasteiger partial charge in [0.2, 0.25) is 0 Å². The molecule has 1 aliphatic heterocycles. The molecule has 0 spiro atoms. The van der Waals surface area contributed by atoms with Crippen LogP contribution in [0.5, 0.6) is 0 Å². The molecule has 0 bridgehead atoms. The molecule has 2 aromatic rings. The number of rotatable bonds is 3. The highest BCUT2D eigenvalue weighted by Crippen LogP contribution is 2.55. The fourth-order valence-corrected chi connectivity index (χ4v) is 3.55. The lowest BCUT2D eigenvalue weighted by atomic mass is 9.88. The van der Waals surface area contributed by atoms with Crippen molar-refractivity contribution in [3.63, 3.8) is 0 Å². The summed E-state index contributed by atoms with van der Waals surface area (Å²) in [5.74, 6) is -2.16. The first kappa shape index (κ1) is 18.0. The molecule has 1 saturated carbocycles. The average molecular weight is 440 g/mol. The van der Waals surface area contributed by atoms with Crippen LogP contribution in [0.2, 0.25) is 0 Å². The Morgan fingerprint density at radius 3 is 2.70 bits per heavy atom. The Morgan fingerprint density at radius 1 is 1.26 bits per heavy atom. The Labute approximate surface area is 160 Å². The minimum Gasteiger partial charge on any atom is -0.461 e. The zero-order valence-corrected chi connectivity index (χ0v) is 15.3. The van der Waals surface area contributed by atoms with Gasteiger partial charge in [0, 0.05) is 11.5 Å². The van der Waals surface area contributed by atoms with Crippen molar-refractivity contribution >= 4 is 27.9 Å². The molecule has 2 aliphatic rings. The molecule has 5 nitrogen and oxygen atoms in total. The van der Waals surface area contributed by atoms with Gasteiger partial charge in [-0.25, -0.2) is 23.1 Å². The standard InChI is InChI=1S/C18H13BrF3N3O2/c19-13-7-6-11(20)14(23-13)18(16(21)22)10-8-12(10)27-17(25-18)24-15(26)9-4-2-1-3-5-9/h1-7,10,12,16H,8H2,(H,24,25,26)/t10-,12?,18-/m0/s1. The molecule has 1 aromatic heterocycles. The molecule has 1 unspecified atom stereocenters. The molecule has 1 fully saturated rings. The first-order chi connectivity index (χ1) is 12.9. The molecule has 9 heteroatoms. The smallest absolute Gasteiger partial charge is 0.293 e. The number of nitrogens with one attached hydrogen (secondary N) is 1. The van der Waals surface area contributed by atoms with Crippen LogP contribution in [0.3, 0.4) is 0 Å². The zero-order valence-electron chi connectivity index (χ0n) is 13.7. The summed E-state index contributed by atoms with van der Waals surface area (Å²) in [5, 5.41) is 2.40. The number of amides is 1. The second-order valence-corrected chi connectivity index (χ2v) is 7.14. The molecule has 1 aromatic carbocycles. The van der Waals surface area contributed by atoms with Gasteiger partial charge < -0.3 is 4.74 Å². The van der Waals surface area contributed by atoms with E-state index in [4.69, 9.17) is 4.74 Å². The van der Waals surface area contributed by atoms with Gasteiger partial charge >= 0.3 is 0 Å². The first-order valence-corrected chi connectivity index (χ1v) is 8.94. The number of alkyl halides is 2. The van der Waals surface area contributed by atoms with E-state index >= 15 is 0 Å². The van der Waals surface area contributed by atoms with Crippen molar-refractivity contribution in [3.8, 4) is 0 Å². The number of carbonyl (C=O) groups excluding carboxylic acids is 1. The molecule has 1 amide bonds. The number of amidine groups is 1. The highest BCUT2D eigenvalue weighted by atomic mass is 79.9. The molecular weight excluding hydrogens is 427 g/mol. The summed E-state index contributed by atoms with van der Waals surface area (Å²) in [5.41, 5.74) is -2.36. The van der Waals surface area contributed by atoms with Crippen LogP contribution in [0, 0.1) is 11.7 Å². The van der Waals surface area contributed by atoms with E-state index in [9.17, 15) is 18.0 Å². The maximum atomic E-state index is 14.4. The second-order valence-electron chi connectivity index (χ2n) is 6.33. The summed E-state index contributed by atoms with van der Waals surface area (Å²) in [6.45, 7) is 0. The van der Waals surface area contributed by atoms with E-state index in [1.54, 1.807) is 30.3 Å². The molecule has 3 atom stereocenters. The summed E-state index contributed by atoms with van der Waals surface area (Å²) >= 11 is 3.08. The highest BCUT2D eigenvalue weighted by molar-refractivity contribution is 9.10. The number of nitrogens with zero attached hydrogens (tertiary/aromatic N) is 2. The lowest BCUT2D eigenvalue weighted by Crippen LogP contribution is -2.46. The van der Waals surface area contributed by atoms with E-state index in [-0.39, 0.29) is 17.0 Å². The van der Waals surface area contributed by atoms with Crippen LogP contribution in [-0.2, 0) is 10.3 Å². The number of hydrogen-bond acceptors (Lipinski definition) is 4. The van der Waals surface area contributed by atoms with E-state index in [1.165, 1.54) is 6.07 Å². The summed E-state index contributed by atoms with van der Waals surface area (Å²) in [6, 6.07) is 10.2. The summed E-state index contributed by atoms with van der Waals surface area (Å²) in [4.78, 5) is 20.2. The lowest BCUT2D eigenvalue weighted by molar-refractivity contribution is 0.0139. The van der Waals surface area contributed by atoms with Crippen molar-refractivity contribution in [2.75, 3.05) is 0 Å². The van der Waals surface area contributed by atoms with Gasteiger partial charge in [-0.05, 0) is 46.6 Å². The van der Waals surface area contributed by atoms with E-state index in [1.807, 2.05) is 0 Å². The monoisotopic (exact) mass is 439 g/mol. The number of hydrogen-bond donors (Lipinski definition) is 1. The average Bonchev–Trinajstić information content (AvgIpc) is 3.43. The number of aromatic nitrogens is 1. The largest absolute Gasteiger partial charge is 0.461 e. The van der Waals surface area contributed by atoms with Gasteiger partial charge in [0.25, 0.3) is 18.4 Å². The van der Waals surface area contributed by atoms with Crippen LogP contribution in [-0.4, -0.2) is 29.4 Å². The van der Waals surface area contributed by atoms with Gasteiger partial charge in [-0.3, -0.25) is 10.1 Å². The molecule has 27 heavy (non-hydrogen) atoms. The molecular formula is C18H13BrF3N3O2. The maximum Gasteiger partial charge on any atom is 0.293 e. The topological polar surface area (TPSA) is 63.6 Å².